The van der Waals surface area contributed by atoms with Crippen molar-refractivity contribution >= 4 is 0 Å². The third-order valence-electron chi connectivity index (χ3n) is 3.49. The van der Waals surface area contributed by atoms with Gasteiger partial charge in [0.25, 0.3) is 0 Å². The Hall–Kier alpha value is -1.10. The molecule has 106 valence electrons. The number of hydrogen-bond donors (Lipinski definition) is 1. The summed E-state index contributed by atoms with van der Waals surface area (Å²) in [7, 11) is 1.73. The predicted molar refractivity (Wildman–Crippen MR) is 74.4 cm³/mol. The number of β-amino-alcohol motifs (C(OH)–C–C–N with tert-alkyl or cyclic N) is 1. The molecule has 0 spiro atoms. The van der Waals surface area contributed by atoms with Crippen molar-refractivity contribution in [2.24, 2.45) is 0 Å². The fourth-order valence-electron chi connectivity index (χ4n) is 2.55. The maximum atomic E-state index is 10.0. The zero-order valence-corrected chi connectivity index (χ0v) is 11.5. The fraction of sp³-hybridized carbons (Fsp3) is 0.600. The van der Waals surface area contributed by atoms with Gasteiger partial charge in [0.2, 0.25) is 0 Å². The SMILES string of the molecule is COCC1CCCN1CC(O)COc1ccccc1. The Kier molecular flexibility index (Phi) is 5.63. The number of methoxy groups -OCH3 is 1. The van der Waals surface area contributed by atoms with Gasteiger partial charge in [0.1, 0.15) is 18.5 Å². The smallest absolute Gasteiger partial charge is 0.119 e. The Balaban J connectivity index is 1.73. The Morgan fingerprint density at radius 1 is 1.37 bits per heavy atom. The molecule has 1 aromatic carbocycles. The topological polar surface area (TPSA) is 41.9 Å². The lowest BCUT2D eigenvalue weighted by Gasteiger charge is -2.26. The van der Waals surface area contributed by atoms with Gasteiger partial charge in [0.15, 0.2) is 0 Å². The fourth-order valence-corrected chi connectivity index (χ4v) is 2.55. The van der Waals surface area contributed by atoms with Crippen LogP contribution in [0, 0.1) is 0 Å². The highest BCUT2D eigenvalue weighted by Crippen LogP contribution is 2.18. The first-order valence-electron chi connectivity index (χ1n) is 6.88. The summed E-state index contributed by atoms with van der Waals surface area (Å²) in [6.45, 7) is 2.77. The summed E-state index contributed by atoms with van der Waals surface area (Å²) in [6.07, 6.45) is 1.87. The van der Waals surface area contributed by atoms with E-state index in [1.165, 1.54) is 6.42 Å². The first kappa shape index (κ1) is 14.3. The summed E-state index contributed by atoms with van der Waals surface area (Å²) in [5.41, 5.74) is 0. The Labute approximate surface area is 114 Å². The number of para-hydroxylation sites is 1. The Morgan fingerprint density at radius 2 is 2.16 bits per heavy atom. The molecule has 0 aliphatic carbocycles. The number of aliphatic hydroxyl groups excluding tert-OH is 1. The van der Waals surface area contributed by atoms with Crippen LogP contribution in [0.15, 0.2) is 30.3 Å². The minimum atomic E-state index is -0.460. The van der Waals surface area contributed by atoms with Crippen LogP contribution in [0.5, 0.6) is 5.75 Å². The number of aliphatic hydroxyl groups is 1. The van der Waals surface area contributed by atoms with Crippen LogP contribution in [0.4, 0.5) is 0 Å². The van der Waals surface area contributed by atoms with E-state index in [-0.39, 0.29) is 0 Å². The molecular weight excluding hydrogens is 242 g/mol. The first-order chi connectivity index (χ1) is 9.29. The molecule has 1 aromatic rings. The third-order valence-corrected chi connectivity index (χ3v) is 3.49. The molecule has 1 aliphatic rings. The van der Waals surface area contributed by atoms with Crippen LogP contribution in [0.25, 0.3) is 0 Å². The van der Waals surface area contributed by atoms with Crippen LogP contribution in [0.1, 0.15) is 12.8 Å². The molecule has 1 aliphatic heterocycles. The zero-order chi connectivity index (χ0) is 13.5. The predicted octanol–water partition coefficient (Wildman–Crippen LogP) is 1.54. The maximum absolute atomic E-state index is 10.0. The number of nitrogens with zero attached hydrogens (tertiary/aromatic N) is 1. The van der Waals surface area contributed by atoms with Gasteiger partial charge in [-0.05, 0) is 31.5 Å². The molecule has 4 nitrogen and oxygen atoms in total. The molecule has 1 saturated heterocycles. The van der Waals surface area contributed by atoms with E-state index in [1.54, 1.807) is 7.11 Å². The molecule has 0 bridgehead atoms. The zero-order valence-electron chi connectivity index (χ0n) is 11.5. The second-order valence-electron chi connectivity index (χ2n) is 5.02. The molecule has 1 heterocycles. The van der Waals surface area contributed by atoms with Gasteiger partial charge in [0.05, 0.1) is 6.61 Å². The van der Waals surface area contributed by atoms with Crippen molar-refractivity contribution in [1.29, 1.82) is 0 Å². The van der Waals surface area contributed by atoms with E-state index in [2.05, 4.69) is 4.90 Å². The van der Waals surface area contributed by atoms with Gasteiger partial charge in [-0.3, -0.25) is 4.90 Å². The summed E-state index contributed by atoms with van der Waals surface area (Å²) >= 11 is 0. The van der Waals surface area contributed by atoms with E-state index >= 15 is 0 Å². The minimum absolute atomic E-state index is 0.334. The molecule has 2 rings (SSSR count). The first-order valence-corrected chi connectivity index (χ1v) is 6.88. The molecule has 4 heteroatoms. The largest absolute Gasteiger partial charge is 0.491 e. The van der Waals surface area contributed by atoms with Crippen LogP contribution in [-0.2, 0) is 4.74 Å². The summed E-state index contributed by atoms with van der Waals surface area (Å²) in [4.78, 5) is 2.29. The van der Waals surface area contributed by atoms with Crippen molar-refractivity contribution in [1.82, 2.24) is 4.90 Å². The molecule has 2 atom stereocenters. The van der Waals surface area contributed by atoms with Crippen LogP contribution < -0.4 is 4.74 Å². The highest BCUT2D eigenvalue weighted by molar-refractivity contribution is 5.20. The van der Waals surface area contributed by atoms with Crippen LogP contribution in [0.2, 0.25) is 0 Å². The van der Waals surface area contributed by atoms with E-state index < -0.39 is 6.10 Å². The van der Waals surface area contributed by atoms with Crippen LogP contribution >= 0.6 is 0 Å². The van der Waals surface area contributed by atoms with Gasteiger partial charge in [0, 0.05) is 19.7 Å². The third kappa shape index (κ3) is 4.49. The summed E-state index contributed by atoms with van der Waals surface area (Å²) < 4.78 is 10.8. The average molecular weight is 265 g/mol. The molecule has 2 unspecified atom stereocenters. The van der Waals surface area contributed by atoms with E-state index in [1.807, 2.05) is 30.3 Å². The number of rotatable bonds is 7. The van der Waals surface area contributed by atoms with Crippen LogP contribution in [0.3, 0.4) is 0 Å². The standard InChI is InChI=1S/C15H23NO3/c1-18-11-13-6-5-9-16(13)10-14(17)12-19-15-7-3-2-4-8-15/h2-4,7-8,13-14,17H,5-6,9-12H2,1H3. The van der Waals surface area contributed by atoms with Gasteiger partial charge >= 0.3 is 0 Å². The number of ether oxygens (including phenoxy) is 2. The summed E-state index contributed by atoms with van der Waals surface area (Å²) in [6, 6.07) is 10.0. The Bertz CT molecular complexity index is 358. The molecule has 1 N–H and O–H groups in total. The summed E-state index contributed by atoms with van der Waals surface area (Å²) in [5.74, 6) is 0.802. The van der Waals surface area contributed by atoms with E-state index in [4.69, 9.17) is 9.47 Å². The van der Waals surface area contributed by atoms with Crippen LogP contribution in [-0.4, -0.2) is 55.6 Å². The molecule has 0 radical (unpaired) electrons. The molecular formula is C15H23NO3. The second-order valence-corrected chi connectivity index (χ2v) is 5.02. The van der Waals surface area contributed by atoms with E-state index in [9.17, 15) is 5.11 Å². The second kappa shape index (κ2) is 7.48. The summed E-state index contributed by atoms with van der Waals surface area (Å²) in [5, 5.41) is 10.0. The lowest BCUT2D eigenvalue weighted by Crippen LogP contribution is -2.40. The van der Waals surface area contributed by atoms with Gasteiger partial charge in [-0.25, -0.2) is 0 Å². The van der Waals surface area contributed by atoms with Gasteiger partial charge < -0.3 is 14.6 Å². The van der Waals surface area contributed by atoms with Gasteiger partial charge in [-0.2, -0.15) is 0 Å². The lowest BCUT2D eigenvalue weighted by atomic mass is 10.2. The monoisotopic (exact) mass is 265 g/mol. The molecule has 19 heavy (non-hydrogen) atoms. The lowest BCUT2D eigenvalue weighted by molar-refractivity contribution is 0.0459. The van der Waals surface area contributed by atoms with Crippen molar-refractivity contribution < 1.29 is 14.6 Å². The molecule has 0 amide bonds. The van der Waals surface area contributed by atoms with Crippen molar-refractivity contribution in [3.05, 3.63) is 30.3 Å². The Morgan fingerprint density at radius 3 is 2.89 bits per heavy atom. The molecule has 1 fully saturated rings. The van der Waals surface area contributed by atoms with E-state index in [0.717, 1.165) is 25.3 Å². The van der Waals surface area contributed by atoms with Crippen molar-refractivity contribution in [2.45, 2.75) is 25.0 Å². The number of likely N-dealkylation sites (tertiary alicyclic amines) is 1. The van der Waals surface area contributed by atoms with Crippen molar-refractivity contribution in [3.63, 3.8) is 0 Å². The normalized spacial score (nSPS) is 21.5. The quantitative estimate of drug-likeness (QED) is 0.812. The minimum Gasteiger partial charge on any atom is -0.491 e. The van der Waals surface area contributed by atoms with Crippen molar-refractivity contribution in [2.75, 3.05) is 33.4 Å². The van der Waals surface area contributed by atoms with Gasteiger partial charge in [-0.15, -0.1) is 0 Å². The maximum Gasteiger partial charge on any atom is 0.119 e. The molecule has 0 saturated carbocycles. The number of benzene rings is 1. The van der Waals surface area contributed by atoms with E-state index in [0.29, 0.717) is 19.2 Å². The average Bonchev–Trinajstić information content (AvgIpc) is 2.85. The van der Waals surface area contributed by atoms with Crippen molar-refractivity contribution in [3.8, 4) is 5.75 Å². The molecule has 0 aromatic heterocycles. The number of hydrogen-bond acceptors (Lipinski definition) is 4. The highest BCUT2D eigenvalue weighted by atomic mass is 16.5. The van der Waals surface area contributed by atoms with Gasteiger partial charge in [-0.1, -0.05) is 18.2 Å². The highest BCUT2D eigenvalue weighted by Gasteiger charge is 2.26.